The predicted molar refractivity (Wildman–Crippen MR) is 104 cm³/mol. The van der Waals surface area contributed by atoms with Crippen LogP contribution >= 0.6 is 11.3 Å². The molecule has 0 aliphatic carbocycles. The van der Waals surface area contributed by atoms with E-state index in [4.69, 9.17) is 0 Å². The zero-order valence-electron chi connectivity index (χ0n) is 14.3. The van der Waals surface area contributed by atoms with E-state index in [1.807, 2.05) is 44.2 Å². The van der Waals surface area contributed by atoms with Crippen LogP contribution in [0.25, 0.3) is 21.3 Å². The minimum atomic E-state index is -0.310. The van der Waals surface area contributed by atoms with Crippen molar-refractivity contribution in [2.24, 2.45) is 0 Å². The van der Waals surface area contributed by atoms with E-state index in [1.165, 1.54) is 22.1 Å². The van der Waals surface area contributed by atoms with Crippen LogP contribution in [0.15, 0.2) is 47.4 Å². The number of carbonyl (C=O) groups is 1. The van der Waals surface area contributed by atoms with Gasteiger partial charge < -0.3 is 5.32 Å². The van der Waals surface area contributed by atoms with Gasteiger partial charge in [0.05, 0.1) is 27.4 Å². The molecular formula is C19H16N4O2S. The molecule has 0 bridgehead atoms. The van der Waals surface area contributed by atoms with E-state index in [0.717, 1.165) is 21.3 Å². The molecule has 0 atom stereocenters. The summed E-state index contributed by atoms with van der Waals surface area (Å²) < 4.78 is 2.48. The van der Waals surface area contributed by atoms with Crippen molar-refractivity contribution in [1.82, 2.24) is 14.5 Å². The van der Waals surface area contributed by atoms with Crippen molar-refractivity contribution in [1.29, 1.82) is 0 Å². The van der Waals surface area contributed by atoms with E-state index in [1.54, 1.807) is 6.07 Å². The van der Waals surface area contributed by atoms with E-state index >= 15 is 0 Å². The topological polar surface area (TPSA) is 76.9 Å². The lowest BCUT2D eigenvalue weighted by Gasteiger charge is -2.08. The number of carbonyl (C=O) groups excluding carboxylic acids is 1. The summed E-state index contributed by atoms with van der Waals surface area (Å²) >= 11 is 1.44. The molecule has 0 aliphatic rings. The average Bonchev–Trinajstić information content (AvgIpc) is 3.06. The lowest BCUT2D eigenvalue weighted by atomic mass is 10.1. The number of amides is 1. The van der Waals surface area contributed by atoms with Gasteiger partial charge in [-0.3, -0.25) is 14.2 Å². The molecule has 130 valence electrons. The molecule has 0 unspecified atom stereocenters. The minimum absolute atomic E-state index is 0.0875. The van der Waals surface area contributed by atoms with Gasteiger partial charge in [0.1, 0.15) is 6.54 Å². The number of fused-ring (bicyclic) bond motifs is 2. The van der Waals surface area contributed by atoms with E-state index < -0.39 is 0 Å². The molecule has 0 fully saturated rings. The van der Waals surface area contributed by atoms with Crippen LogP contribution in [0.3, 0.4) is 0 Å². The standard InChI is InChI=1S/C19H16N4O2S/c1-11-7-8-12(2)18-17(11)22-19(26-18)21-15(24)10-23-14-6-4-3-5-13(14)20-9-16(23)25/h3-9H,10H2,1-2H3,(H,21,22,24). The first-order valence-corrected chi connectivity index (χ1v) is 8.96. The SMILES string of the molecule is Cc1ccc(C)c2sc(NC(=O)Cn3c(=O)cnc4ccccc43)nc12. The second kappa shape index (κ2) is 6.34. The van der Waals surface area contributed by atoms with Crippen LogP contribution in [0.4, 0.5) is 5.13 Å². The van der Waals surface area contributed by atoms with Crippen LogP contribution in [0.5, 0.6) is 0 Å². The van der Waals surface area contributed by atoms with Crippen LogP contribution in [0.2, 0.25) is 0 Å². The number of nitrogens with zero attached hydrogens (tertiary/aromatic N) is 3. The smallest absolute Gasteiger partial charge is 0.269 e. The fourth-order valence-corrected chi connectivity index (χ4v) is 3.92. The molecule has 26 heavy (non-hydrogen) atoms. The number of rotatable bonds is 3. The first-order chi connectivity index (χ1) is 12.5. The van der Waals surface area contributed by atoms with Gasteiger partial charge in [0.25, 0.3) is 5.56 Å². The van der Waals surface area contributed by atoms with E-state index in [-0.39, 0.29) is 18.0 Å². The van der Waals surface area contributed by atoms with E-state index in [2.05, 4.69) is 15.3 Å². The molecular weight excluding hydrogens is 348 g/mol. The van der Waals surface area contributed by atoms with E-state index in [0.29, 0.717) is 16.2 Å². The molecule has 1 amide bonds. The minimum Gasteiger partial charge on any atom is -0.300 e. The Hall–Kier alpha value is -3.06. The molecule has 1 N–H and O–H groups in total. The monoisotopic (exact) mass is 364 g/mol. The van der Waals surface area contributed by atoms with Gasteiger partial charge in [-0.1, -0.05) is 35.6 Å². The van der Waals surface area contributed by atoms with Crippen LogP contribution in [0, 0.1) is 13.8 Å². The highest BCUT2D eigenvalue weighted by molar-refractivity contribution is 7.22. The highest BCUT2D eigenvalue weighted by atomic mass is 32.1. The van der Waals surface area contributed by atoms with Crippen LogP contribution in [-0.2, 0) is 11.3 Å². The Labute approximate surface area is 153 Å². The Morgan fingerprint density at radius 3 is 2.73 bits per heavy atom. The molecule has 7 heteroatoms. The molecule has 0 saturated carbocycles. The molecule has 2 heterocycles. The summed E-state index contributed by atoms with van der Waals surface area (Å²) in [6, 6.07) is 11.3. The Morgan fingerprint density at radius 1 is 1.15 bits per heavy atom. The fraction of sp³-hybridized carbons (Fsp3) is 0.158. The van der Waals surface area contributed by atoms with Crippen LogP contribution in [-0.4, -0.2) is 20.4 Å². The predicted octanol–water partition coefficient (Wildman–Crippen LogP) is 3.26. The molecule has 0 spiro atoms. The van der Waals surface area contributed by atoms with Crippen molar-refractivity contribution in [2.75, 3.05) is 5.32 Å². The normalized spacial score (nSPS) is 11.2. The van der Waals surface area contributed by atoms with Crippen molar-refractivity contribution < 1.29 is 4.79 Å². The quantitative estimate of drug-likeness (QED) is 0.605. The fourth-order valence-electron chi connectivity index (χ4n) is 2.89. The van der Waals surface area contributed by atoms with Gasteiger partial charge >= 0.3 is 0 Å². The molecule has 4 aromatic rings. The maximum atomic E-state index is 12.5. The third-order valence-corrected chi connectivity index (χ3v) is 5.35. The zero-order valence-corrected chi connectivity index (χ0v) is 15.1. The molecule has 2 aromatic carbocycles. The lowest BCUT2D eigenvalue weighted by molar-refractivity contribution is -0.116. The highest BCUT2D eigenvalue weighted by Crippen LogP contribution is 2.30. The maximum absolute atomic E-state index is 12.5. The summed E-state index contributed by atoms with van der Waals surface area (Å²) in [4.78, 5) is 33.3. The van der Waals surface area contributed by atoms with Crippen molar-refractivity contribution in [2.45, 2.75) is 20.4 Å². The van der Waals surface area contributed by atoms with Gasteiger partial charge in [-0.25, -0.2) is 9.97 Å². The molecule has 0 radical (unpaired) electrons. The Kier molecular flexibility index (Phi) is 4.00. The number of para-hydroxylation sites is 2. The van der Waals surface area contributed by atoms with Crippen LogP contribution in [0.1, 0.15) is 11.1 Å². The number of thiazole rings is 1. The van der Waals surface area contributed by atoms with Gasteiger partial charge in [-0.2, -0.15) is 0 Å². The maximum Gasteiger partial charge on any atom is 0.269 e. The summed E-state index contributed by atoms with van der Waals surface area (Å²) in [6.45, 7) is 3.93. The summed E-state index contributed by atoms with van der Waals surface area (Å²) in [5, 5.41) is 3.35. The van der Waals surface area contributed by atoms with Crippen molar-refractivity contribution in [3.05, 3.63) is 64.1 Å². The second-order valence-corrected chi connectivity index (χ2v) is 7.11. The number of hydrogen-bond acceptors (Lipinski definition) is 5. The number of anilines is 1. The number of benzene rings is 2. The zero-order chi connectivity index (χ0) is 18.3. The first kappa shape index (κ1) is 16.4. The Balaban J connectivity index is 1.64. The molecule has 0 aliphatic heterocycles. The molecule has 2 aromatic heterocycles. The third-order valence-electron chi connectivity index (χ3n) is 4.24. The van der Waals surface area contributed by atoms with Crippen LogP contribution < -0.4 is 10.9 Å². The largest absolute Gasteiger partial charge is 0.300 e. The average molecular weight is 364 g/mol. The van der Waals surface area contributed by atoms with Gasteiger partial charge in [0.15, 0.2) is 5.13 Å². The summed E-state index contributed by atoms with van der Waals surface area (Å²) in [5.41, 5.74) is 4.09. The highest BCUT2D eigenvalue weighted by Gasteiger charge is 2.13. The van der Waals surface area contributed by atoms with Gasteiger partial charge in [0, 0.05) is 0 Å². The number of hydrogen-bond donors (Lipinski definition) is 1. The van der Waals surface area contributed by atoms with Crippen molar-refractivity contribution in [3.8, 4) is 0 Å². The van der Waals surface area contributed by atoms with Crippen molar-refractivity contribution in [3.63, 3.8) is 0 Å². The summed E-state index contributed by atoms with van der Waals surface area (Å²) in [6.07, 6.45) is 1.24. The number of aromatic nitrogens is 3. The molecule has 4 rings (SSSR count). The van der Waals surface area contributed by atoms with Gasteiger partial charge in [-0.15, -0.1) is 0 Å². The third kappa shape index (κ3) is 2.86. The number of nitrogens with one attached hydrogen (secondary N) is 1. The molecule has 0 saturated heterocycles. The Morgan fingerprint density at radius 2 is 1.92 bits per heavy atom. The first-order valence-electron chi connectivity index (χ1n) is 8.14. The lowest BCUT2D eigenvalue weighted by Crippen LogP contribution is -2.27. The van der Waals surface area contributed by atoms with Crippen molar-refractivity contribution >= 4 is 43.6 Å². The second-order valence-electron chi connectivity index (χ2n) is 6.12. The Bertz CT molecular complexity index is 1170. The summed E-state index contributed by atoms with van der Waals surface area (Å²) in [7, 11) is 0. The van der Waals surface area contributed by atoms with E-state index in [9.17, 15) is 9.59 Å². The number of aryl methyl sites for hydroxylation is 2. The van der Waals surface area contributed by atoms with Gasteiger partial charge in [-0.05, 0) is 37.1 Å². The van der Waals surface area contributed by atoms with Gasteiger partial charge in [0.2, 0.25) is 5.91 Å². The summed E-state index contributed by atoms with van der Waals surface area (Å²) in [5.74, 6) is -0.294. The molecule has 6 nitrogen and oxygen atoms in total.